The van der Waals surface area contributed by atoms with Crippen molar-refractivity contribution in [2.75, 3.05) is 0 Å². The maximum Gasteiger partial charge on any atom is 0.574 e. The lowest BCUT2D eigenvalue weighted by atomic mass is 10.5. The van der Waals surface area contributed by atoms with Crippen molar-refractivity contribution < 1.29 is 26.3 Å². The molecule has 1 rings (SSSR count). The predicted molar refractivity (Wildman–Crippen MR) is 59.5 cm³/mol. The Morgan fingerprint density at radius 1 is 1.41 bits per heavy atom. The Bertz CT molecular complexity index is 596. The smallest absolute Gasteiger partial charge is 0.390 e. The molecule has 0 bridgehead atoms. The van der Waals surface area contributed by atoms with Crippen LogP contribution in [0.4, 0.5) is 13.2 Å². The second kappa shape index (κ2) is 4.65. The standard InChI is InChI=1S/C6H2ClF3INO4S/c7-17(14,15)4-2(13)1-3(12-5(4)11)16-6(8,9)10/h1H,(H,12,13). The molecule has 0 aliphatic rings. The highest BCUT2D eigenvalue weighted by Gasteiger charge is 2.32. The fourth-order valence-electron chi connectivity index (χ4n) is 0.901. The first-order valence-corrected chi connectivity index (χ1v) is 7.03. The van der Waals surface area contributed by atoms with Crippen LogP contribution in [0.5, 0.6) is 5.88 Å². The quantitative estimate of drug-likeness (QED) is 0.464. The van der Waals surface area contributed by atoms with Gasteiger partial charge in [-0.1, -0.05) is 0 Å². The minimum atomic E-state index is -4.99. The second-order valence-corrected chi connectivity index (χ2v) is 6.21. The Labute approximate surface area is 110 Å². The van der Waals surface area contributed by atoms with Crippen LogP contribution in [0.2, 0.25) is 0 Å². The van der Waals surface area contributed by atoms with E-state index in [0.29, 0.717) is 6.07 Å². The van der Waals surface area contributed by atoms with Crippen molar-refractivity contribution in [2.45, 2.75) is 11.3 Å². The van der Waals surface area contributed by atoms with Crippen LogP contribution in [-0.4, -0.2) is 19.8 Å². The fraction of sp³-hybridized carbons (Fsp3) is 0.167. The Kier molecular flexibility index (Phi) is 3.98. The van der Waals surface area contributed by atoms with Crippen LogP contribution in [0, 0.1) is 3.70 Å². The van der Waals surface area contributed by atoms with Crippen LogP contribution in [-0.2, 0) is 9.05 Å². The average Bonchev–Trinajstić information content (AvgIpc) is 1.94. The molecule has 0 unspecified atom stereocenters. The van der Waals surface area contributed by atoms with Crippen molar-refractivity contribution in [3.8, 4) is 5.88 Å². The third kappa shape index (κ3) is 4.03. The van der Waals surface area contributed by atoms with Gasteiger partial charge in [-0.05, 0) is 22.6 Å². The van der Waals surface area contributed by atoms with Gasteiger partial charge < -0.3 is 9.72 Å². The Morgan fingerprint density at radius 2 is 1.94 bits per heavy atom. The molecular weight excluding hydrogens is 401 g/mol. The van der Waals surface area contributed by atoms with Crippen molar-refractivity contribution in [3.05, 3.63) is 20.0 Å². The number of nitrogens with one attached hydrogen (secondary N) is 1. The molecule has 1 heterocycles. The SMILES string of the molecule is O=c1cc(OC(F)(F)F)[nH]c(I)c1S(=O)(=O)Cl. The van der Waals surface area contributed by atoms with Gasteiger partial charge in [0.15, 0.2) is 4.90 Å². The van der Waals surface area contributed by atoms with Crippen LogP contribution in [0.15, 0.2) is 15.8 Å². The minimum absolute atomic E-state index is 0.352. The first-order valence-electron chi connectivity index (χ1n) is 3.64. The summed E-state index contributed by atoms with van der Waals surface area (Å²) in [5.74, 6) is -0.920. The molecule has 0 atom stereocenters. The molecule has 0 saturated heterocycles. The summed E-state index contributed by atoms with van der Waals surface area (Å²) >= 11 is 1.32. The Morgan fingerprint density at radius 3 is 2.29 bits per heavy atom. The average molecular weight is 404 g/mol. The number of alkyl halides is 3. The number of pyridine rings is 1. The molecule has 0 spiro atoms. The largest absolute Gasteiger partial charge is 0.574 e. The molecule has 1 aromatic rings. The molecule has 0 radical (unpaired) electrons. The highest BCUT2D eigenvalue weighted by atomic mass is 127. The lowest BCUT2D eigenvalue weighted by molar-refractivity contribution is -0.276. The van der Waals surface area contributed by atoms with E-state index >= 15 is 0 Å². The molecule has 0 aliphatic heterocycles. The van der Waals surface area contributed by atoms with Crippen molar-refractivity contribution in [1.82, 2.24) is 4.98 Å². The normalized spacial score (nSPS) is 12.5. The maximum absolute atomic E-state index is 11.8. The zero-order chi connectivity index (χ0) is 13.4. The van der Waals surface area contributed by atoms with Gasteiger partial charge in [0, 0.05) is 16.7 Å². The number of aromatic amines is 1. The summed E-state index contributed by atoms with van der Waals surface area (Å²) in [7, 11) is 0.598. The van der Waals surface area contributed by atoms with E-state index in [1.165, 1.54) is 22.6 Å². The Balaban J connectivity index is 3.35. The number of hydrogen-bond donors (Lipinski definition) is 1. The monoisotopic (exact) mass is 403 g/mol. The molecule has 1 N–H and O–H groups in total. The van der Waals surface area contributed by atoms with Crippen molar-refractivity contribution >= 4 is 42.3 Å². The summed E-state index contributed by atoms with van der Waals surface area (Å²) in [4.78, 5) is 12.4. The van der Waals surface area contributed by atoms with Crippen LogP contribution < -0.4 is 10.2 Å². The zero-order valence-corrected chi connectivity index (χ0v) is 11.2. The highest BCUT2D eigenvalue weighted by Crippen LogP contribution is 2.23. The first-order chi connectivity index (χ1) is 7.50. The van der Waals surface area contributed by atoms with Gasteiger partial charge in [-0.15, -0.1) is 13.2 Å². The van der Waals surface area contributed by atoms with Crippen molar-refractivity contribution in [2.24, 2.45) is 0 Å². The second-order valence-electron chi connectivity index (χ2n) is 2.63. The van der Waals surface area contributed by atoms with Gasteiger partial charge in [0.2, 0.25) is 11.3 Å². The van der Waals surface area contributed by atoms with Crippen LogP contribution in [0.25, 0.3) is 0 Å². The molecule has 5 nitrogen and oxygen atoms in total. The predicted octanol–water partition coefficient (Wildman–Crippen LogP) is 1.81. The van der Waals surface area contributed by atoms with E-state index < -0.39 is 31.6 Å². The minimum Gasteiger partial charge on any atom is -0.390 e. The number of halogens is 5. The number of H-pyrrole nitrogens is 1. The van der Waals surface area contributed by atoms with Crippen LogP contribution in [0.1, 0.15) is 0 Å². The van der Waals surface area contributed by atoms with Crippen LogP contribution in [0.3, 0.4) is 0 Å². The molecule has 11 heteroatoms. The zero-order valence-electron chi connectivity index (χ0n) is 7.51. The van der Waals surface area contributed by atoms with Gasteiger partial charge in [-0.3, -0.25) is 4.79 Å². The van der Waals surface area contributed by atoms with Gasteiger partial charge in [-0.2, -0.15) is 0 Å². The summed E-state index contributed by atoms with van der Waals surface area (Å²) in [5, 5.41) is 0. The number of rotatable bonds is 2. The Hall–Kier alpha value is -0.490. The van der Waals surface area contributed by atoms with E-state index in [9.17, 15) is 26.4 Å². The van der Waals surface area contributed by atoms with Gasteiger partial charge in [0.05, 0.1) is 0 Å². The van der Waals surface area contributed by atoms with Gasteiger partial charge in [-0.25, -0.2) is 8.42 Å². The number of aromatic nitrogens is 1. The van der Waals surface area contributed by atoms with E-state index in [-0.39, 0.29) is 3.70 Å². The molecule has 0 fully saturated rings. The lowest BCUT2D eigenvalue weighted by Crippen LogP contribution is -2.21. The number of ether oxygens (including phenoxy) is 1. The molecule has 17 heavy (non-hydrogen) atoms. The molecule has 96 valence electrons. The third-order valence-corrected chi connectivity index (χ3v) is 3.92. The van der Waals surface area contributed by atoms with E-state index in [2.05, 4.69) is 4.74 Å². The first kappa shape index (κ1) is 14.6. The van der Waals surface area contributed by atoms with E-state index in [1.807, 2.05) is 4.98 Å². The summed E-state index contributed by atoms with van der Waals surface area (Å²) in [6.07, 6.45) is -4.99. The fourth-order valence-corrected chi connectivity index (χ4v) is 3.72. The summed E-state index contributed by atoms with van der Waals surface area (Å²) in [5.41, 5.74) is -1.19. The van der Waals surface area contributed by atoms with Gasteiger partial charge >= 0.3 is 6.36 Å². The summed E-state index contributed by atoms with van der Waals surface area (Å²) in [6, 6.07) is 0.352. The van der Waals surface area contributed by atoms with Gasteiger partial charge in [0.1, 0.15) is 3.70 Å². The molecule has 0 aromatic carbocycles. The maximum atomic E-state index is 11.8. The van der Waals surface area contributed by atoms with E-state index in [4.69, 9.17) is 10.7 Å². The molecule has 0 aliphatic carbocycles. The van der Waals surface area contributed by atoms with Crippen molar-refractivity contribution in [1.29, 1.82) is 0 Å². The molecule has 1 aromatic heterocycles. The van der Waals surface area contributed by atoms with Crippen molar-refractivity contribution in [3.63, 3.8) is 0 Å². The van der Waals surface area contributed by atoms with E-state index in [1.54, 1.807) is 0 Å². The summed E-state index contributed by atoms with van der Waals surface area (Å²) < 4.78 is 60.5. The van der Waals surface area contributed by atoms with Crippen LogP contribution >= 0.6 is 33.3 Å². The number of hydrogen-bond acceptors (Lipinski definition) is 4. The molecule has 0 amide bonds. The third-order valence-electron chi connectivity index (χ3n) is 1.39. The topological polar surface area (TPSA) is 76.2 Å². The summed E-state index contributed by atoms with van der Waals surface area (Å²) in [6.45, 7) is 0. The highest BCUT2D eigenvalue weighted by molar-refractivity contribution is 14.1. The molecule has 0 saturated carbocycles. The van der Waals surface area contributed by atoms with Gasteiger partial charge in [0.25, 0.3) is 9.05 Å². The molecular formula is C6H2ClF3INO4S. The lowest BCUT2D eigenvalue weighted by Gasteiger charge is -2.09. The van der Waals surface area contributed by atoms with E-state index in [0.717, 1.165) is 0 Å².